The van der Waals surface area contributed by atoms with Crippen molar-refractivity contribution >= 4 is 16.0 Å². The highest BCUT2D eigenvalue weighted by molar-refractivity contribution is 7.87. The minimum atomic E-state index is -4.72. The number of ether oxygens (including phenoxy) is 1. The van der Waals surface area contributed by atoms with Gasteiger partial charge in [-0.2, -0.15) is 21.6 Å². The molecule has 0 aliphatic carbocycles. The number of carbonyl (C=O) groups is 1. The smallest absolute Gasteiger partial charge is 0.416 e. The van der Waals surface area contributed by atoms with E-state index in [1.165, 1.54) is 25.5 Å². The highest BCUT2D eigenvalue weighted by atomic mass is 32.2. The van der Waals surface area contributed by atoms with E-state index in [-0.39, 0.29) is 36.4 Å². The Bertz CT molecular complexity index is 1340. The standard InChI is InChI=1S/C28H32F3NO6S/c1-4-6-9-21(5-2)27(33)32(19-23-11-8-15-37-23)18-20-13-14-25(36-3)26(16-20)38-39(34,35)24-12-7-10-22(17-24)28(29,30)31/h7-8,10-17,21H,4-6,9,18-19H2,1-3H3. The summed E-state index contributed by atoms with van der Waals surface area (Å²) in [6.07, 6.45) is 0.0750. The molecule has 1 aromatic heterocycles. The third kappa shape index (κ3) is 8.01. The highest BCUT2D eigenvalue weighted by Crippen LogP contribution is 2.34. The average Bonchev–Trinajstić information content (AvgIpc) is 3.41. The molecule has 1 atom stereocenters. The van der Waals surface area contributed by atoms with Gasteiger partial charge in [0.15, 0.2) is 11.5 Å². The number of hydrogen-bond donors (Lipinski definition) is 0. The molecular formula is C28H32F3NO6S. The number of hydrogen-bond acceptors (Lipinski definition) is 6. The first-order chi connectivity index (χ1) is 18.5. The second kappa shape index (κ2) is 13.1. The summed E-state index contributed by atoms with van der Waals surface area (Å²) in [6.45, 7) is 4.34. The van der Waals surface area contributed by atoms with Gasteiger partial charge in [-0.05, 0) is 60.9 Å². The summed E-state index contributed by atoms with van der Waals surface area (Å²) < 4.78 is 81.2. The van der Waals surface area contributed by atoms with Gasteiger partial charge in [-0.3, -0.25) is 4.79 Å². The van der Waals surface area contributed by atoms with E-state index in [2.05, 4.69) is 6.92 Å². The number of rotatable bonds is 13. The number of benzene rings is 2. The van der Waals surface area contributed by atoms with Crippen LogP contribution < -0.4 is 8.92 Å². The van der Waals surface area contributed by atoms with Gasteiger partial charge >= 0.3 is 16.3 Å². The quantitative estimate of drug-likeness (QED) is 0.211. The predicted octanol–water partition coefficient (Wildman–Crippen LogP) is 6.82. The second-order valence-corrected chi connectivity index (χ2v) is 10.6. The van der Waals surface area contributed by atoms with Crippen LogP contribution >= 0.6 is 0 Å². The van der Waals surface area contributed by atoms with Crippen LogP contribution in [0.1, 0.15) is 56.4 Å². The third-order valence-corrected chi connectivity index (χ3v) is 7.47. The lowest BCUT2D eigenvalue weighted by atomic mass is 9.97. The van der Waals surface area contributed by atoms with Crippen LogP contribution in [0.2, 0.25) is 0 Å². The number of carbonyl (C=O) groups excluding carboxylic acids is 1. The van der Waals surface area contributed by atoms with Crippen molar-refractivity contribution in [3.63, 3.8) is 0 Å². The molecule has 3 rings (SSSR count). The Hall–Kier alpha value is -3.47. The number of alkyl halides is 3. The van der Waals surface area contributed by atoms with Gasteiger partial charge in [0, 0.05) is 12.5 Å². The zero-order valence-corrected chi connectivity index (χ0v) is 22.8. The second-order valence-electron chi connectivity index (χ2n) is 9.07. The van der Waals surface area contributed by atoms with E-state index >= 15 is 0 Å². The van der Waals surface area contributed by atoms with Crippen LogP contribution in [0.25, 0.3) is 0 Å². The minimum absolute atomic E-state index is 0.0581. The molecule has 1 heterocycles. The number of methoxy groups -OCH3 is 1. The molecule has 2 aromatic carbocycles. The summed E-state index contributed by atoms with van der Waals surface area (Å²) in [5, 5.41) is 0. The maximum absolute atomic E-state index is 13.5. The summed E-state index contributed by atoms with van der Waals surface area (Å²) in [5.41, 5.74) is -0.580. The molecule has 0 bridgehead atoms. The lowest BCUT2D eigenvalue weighted by molar-refractivity contribution is -0.138. The normalized spacial score (nSPS) is 12.7. The van der Waals surface area contributed by atoms with E-state index in [9.17, 15) is 26.4 Å². The molecule has 39 heavy (non-hydrogen) atoms. The number of nitrogens with zero attached hydrogens (tertiary/aromatic N) is 1. The molecule has 11 heteroatoms. The predicted molar refractivity (Wildman–Crippen MR) is 139 cm³/mol. The highest BCUT2D eigenvalue weighted by Gasteiger charge is 2.32. The van der Waals surface area contributed by atoms with Crippen LogP contribution in [0.4, 0.5) is 13.2 Å². The molecule has 1 unspecified atom stereocenters. The Labute approximate surface area is 226 Å². The van der Waals surface area contributed by atoms with Gasteiger partial charge < -0.3 is 18.2 Å². The molecule has 0 N–H and O–H groups in total. The van der Waals surface area contributed by atoms with E-state index in [0.29, 0.717) is 23.8 Å². The summed E-state index contributed by atoms with van der Waals surface area (Å²) in [7, 11) is -3.32. The third-order valence-electron chi connectivity index (χ3n) is 6.24. The lowest BCUT2D eigenvalue weighted by Gasteiger charge is -2.27. The van der Waals surface area contributed by atoms with Gasteiger partial charge in [-0.25, -0.2) is 0 Å². The Kier molecular flexibility index (Phi) is 10.1. The van der Waals surface area contributed by atoms with Crippen LogP contribution in [0, 0.1) is 5.92 Å². The molecule has 0 spiro atoms. The van der Waals surface area contributed by atoms with Gasteiger partial charge in [0.2, 0.25) is 5.91 Å². The zero-order valence-electron chi connectivity index (χ0n) is 22.0. The number of amides is 1. The Balaban J connectivity index is 1.91. The Morgan fingerprint density at radius 3 is 2.41 bits per heavy atom. The Morgan fingerprint density at radius 1 is 1.03 bits per heavy atom. The van der Waals surface area contributed by atoms with E-state index in [4.69, 9.17) is 13.3 Å². The van der Waals surface area contributed by atoms with Gasteiger partial charge in [-0.1, -0.05) is 38.8 Å². The van der Waals surface area contributed by atoms with Crippen molar-refractivity contribution in [1.82, 2.24) is 4.90 Å². The molecule has 7 nitrogen and oxygen atoms in total. The molecule has 0 saturated heterocycles. The summed E-state index contributed by atoms with van der Waals surface area (Å²) >= 11 is 0. The topological polar surface area (TPSA) is 86.0 Å². The van der Waals surface area contributed by atoms with Crippen molar-refractivity contribution in [3.8, 4) is 11.5 Å². The van der Waals surface area contributed by atoms with Gasteiger partial charge in [0.25, 0.3) is 0 Å². The van der Waals surface area contributed by atoms with Crippen LogP contribution in [0.3, 0.4) is 0 Å². The molecule has 0 radical (unpaired) electrons. The number of halogens is 3. The first-order valence-corrected chi connectivity index (χ1v) is 14.0. The molecule has 3 aromatic rings. The largest absolute Gasteiger partial charge is 0.493 e. The molecule has 0 saturated carbocycles. The van der Waals surface area contributed by atoms with Crippen LogP contribution in [-0.2, 0) is 34.2 Å². The van der Waals surface area contributed by atoms with Crippen molar-refractivity contribution in [2.24, 2.45) is 5.92 Å². The average molecular weight is 568 g/mol. The van der Waals surface area contributed by atoms with Gasteiger partial charge in [0.05, 0.1) is 25.5 Å². The van der Waals surface area contributed by atoms with Crippen molar-refractivity contribution < 1.29 is 39.7 Å². The minimum Gasteiger partial charge on any atom is -0.493 e. The maximum atomic E-state index is 13.5. The lowest BCUT2D eigenvalue weighted by Crippen LogP contribution is -2.35. The van der Waals surface area contributed by atoms with Crippen molar-refractivity contribution in [2.45, 2.75) is 63.7 Å². The molecule has 0 aliphatic heterocycles. The summed E-state index contributed by atoms with van der Waals surface area (Å²) in [5.74, 6) is 0.196. The maximum Gasteiger partial charge on any atom is 0.416 e. The van der Waals surface area contributed by atoms with Crippen molar-refractivity contribution in [2.75, 3.05) is 7.11 Å². The zero-order chi connectivity index (χ0) is 28.6. The summed E-state index contributed by atoms with van der Waals surface area (Å²) in [6, 6.07) is 11.3. The summed E-state index contributed by atoms with van der Waals surface area (Å²) in [4.78, 5) is 14.5. The fraction of sp³-hybridized carbons (Fsp3) is 0.393. The SMILES string of the molecule is CCCCC(CC)C(=O)N(Cc1ccc(OC)c(OS(=O)(=O)c2cccc(C(F)(F)F)c2)c1)Cc1ccco1. The molecule has 0 fully saturated rings. The molecule has 0 aliphatic rings. The number of furan rings is 1. The fourth-order valence-corrected chi connectivity index (χ4v) is 5.09. The van der Waals surface area contributed by atoms with Crippen LogP contribution in [0.15, 0.2) is 70.2 Å². The molecule has 1 amide bonds. The van der Waals surface area contributed by atoms with Crippen molar-refractivity contribution in [1.29, 1.82) is 0 Å². The Morgan fingerprint density at radius 2 is 1.79 bits per heavy atom. The van der Waals surface area contributed by atoms with E-state index in [1.807, 2.05) is 6.92 Å². The molecule has 212 valence electrons. The van der Waals surface area contributed by atoms with Gasteiger partial charge in [0.1, 0.15) is 10.7 Å². The number of unbranched alkanes of at least 4 members (excludes halogenated alkanes) is 1. The van der Waals surface area contributed by atoms with Gasteiger partial charge in [-0.15, -0.1) is 0 Å². The van der Waals surface area contributed by atoms with E-state index < -0.39 is 26.8 Å². The monoisotopic (exact) mass is 567 g/mol. The van der Waals surface area contributed by atoms with E-state index in [1.54, 1.807) is 23.1 Å². The van der Waals surface area contributed by atoms with Crippen LogP contribution in [0.5, 0.6) is 11.5 Å². The fourth-order valence-electron chi connectivity index (χ4n) is 4.11. The molecular weight excluding hydrogens is 535 g/mol. The van der Waals surface area contributed by atoms with Crippen molar-refractivity contribution in [3.05, 3.63) is 77.7 Å². The van der Waals surface area contributed by atoms with Crippen LogP contribution in [-0.4, -0.2) is 26.3 Å². The van der Waals surface area contributed by atoms with E-state index in [0.717, 1.165) is 37.5 Å². The first-order valence-electron chi connectivity index (χ1n) is 12.6. The first kappa shape index (κ1) is 30.1.